The second-order valence-corrected chi connectivity index (χ2v) is 8.45. The summed E-state index contributed by atoms with van der Waals surface area (Å²) >= 11 is 6.57. The van der Waals surface area contributed by atoms with Gasteiger partial charge in [-0.15, -0.1) is 0 Å². The number of amides is 2. The lowest BCUT2D eigenvalue weighted by molar-refractivity contribution is -0.139. The molecule has 0 fully saturated rings. The van der Waals surface area contributed by atoms with E-state index < -0.39 is 12.0 Å². The number of nitrogens with one attached hydrogen (secondary N) is 2. The zero-order valence-electron chi connectivity index (χ0n) is 19.6. The molecule has 0 spiro atoms. The van der Waals surface area contributed by atoms with Gasteiger partial charge in [0.2, 0.25) is 0 Å². The molecule has 0 saturated carbocycles. The van der Waals surface area contributed by atoms with E-state index in [2.05, 4.69) is 17.6 Å². The van der Waals surface area contributed by atoms with Crippen LogP contribution in [-0.2, 0) is 9.53 Å². The molecule has 1 unspecified atom stereocenters. The van der Waals surface area contributed by atoms with Crippen molar-refractivity contribution in [2.45, 2.75) is 84.6 Å². The molecule has 2 N–H and O–H groups in total. The molecule has 1 aromatic rings. The predicted molar refractivity (Wildman–Crippen MR) is 128 cm³/mol. The van der Waals surface area contributed by atoms with Crippen LogP contribution in [0.1, 0.15) is 90.2 Å². The first-order chi connectivity index (χ1) is 15.5. The summed E-state index contributed by atoms with van der Waals surface area (Å²) in [5, 5.41) is 6.01. The van der Waals surface area contributed by atoms with E-state index in [1.165, 1.54) is 32.1 Å². The molecule has 2 amide bonds. The Bertz CT molecular complexity index is 794. The number of unbranched alkanes of at least 4 members (excludes halogenated alkanes) is 6. The van der Waals surface area contributed by atoms with Crippen LogP contribution in [0.4, 0.5) is 4.79 Å². The zero-order valence-corrected chi connectivity index (χ0v) is 20.4. The lowest BCUT2D eigenvalue weighted by Gasteiger charge is -2.30. The van der Waals surface area contributed by atoms with E-state index in [4.69, 9.17) is 21.1 Å². The van der Waals surface area contributed by atoms with Crippen molar-refractivity contribution < 1.29 is 19.1 Å². The second-order valence-electron chi connectivity index (χ2n) is 8.05. The molecule has 0 radical (unpaired) electrons. The highest BCUT2D eigenvalue weighted by Crippen LogP contribution is 2.35. The number of ether oxygens (including phenoxy) is 2. The average molecular weight is 465 g/mol. The fourth-order valence-corrected chi connectivity index (χ4v) is 4.11. The molecule has 1 aliphatic heterocycles. The lowest BCUT2D eigenvalue weighted by Crippen LogP contribution is -2.46. The number of halogens is 1. The highest BCUT2D eigenvalue weighted by Gasteiger charge is 2.34. The quantitative estimate of drug-likeness (QED) is 0.245. The Morgan fingerprint density at radius 3 is 2.41 bits per heavy atom. The zero-order chi connectivity index (χ0) is 23.3. The van der Waals surface area contributed by atoms with E-state index in [0.717, 1.165) is 19.3 Å². The van der Waals surface area contributed by atoms with Gasteiger partial charge in [-0.3, -0.25) is 0 Å². The molecule has 6 nitrogen and oxygen atoms in total. The fourth-order valence-electron chi connectivity index (χ4n) is 3.83. The molecule has 7 heteroatoms. The van der Waals surface area contributed by atoms with Gasteiger partial charge >= 0.3 is 12.0 Å². The first kappa shape index (κ1) is 26.0. The van der Waals surface area contributed by atoms with Crippen LogP contribution in [-0.4, -0.2) is 25.2 Å². The van der Waals surface area contributed by atoms with Crippen molar-refractivity contribution in [2.75, 3.05) is 13.2 Å². The van der Waals surface area contributed by atoms with E-state index in [1.54, 1.807) is 13.0 Å². The normalized spacial score (nSPS) is 15.9. The summed E-state index contributed by atoms with van der Waals surface area (Å²) < 4.78 is 11.1. The number of rotatable bonds is 14. The maximum atomic E-state index is 12.7. The van der Waals surface area contributed by atoms with Crippen LogP contribution in [0.5, 0.6) is 5.75 Å². The summed E-state index contributed by atoms with van der Waals surface area (Å²) in [5.74, 6) is 0.226. The standard InChI is InChI=1S/C25H37ClN2O4/c1-4-7-8-9-10-11-12-16-32-18-14-15-19(20(26)17-18)23-22(24(29)31-6-3)21(13-5-2)27-25(30)28-23/h14-15,17,23H,4-13,16H2,1-3H3,(H2,27,28,30). The fraction of sp³-hybridized carbons (Fsp3) is 0.600. The number of hydrogen-bond acceptors (Lipinski definition) is 4. The minimum absolute atomic E-state index is 0.252. The van der Waals surface area contributed by atoms with Gasteiger partial charge in [0.15, 0.2) is 0 Å². The van der Waals surface area contributed by atoms with Crippen molar-refractivity contribution >= 4 is 23.6 Å². The molecule has 1 atom stereocenters. The van der Waals surface area contributed by atoms with E-state index in [0.29, 0.717) is 40.6 Å². The molecule has 1 aromatic carbocycles. The van der Waals surface area contributed by atoms with E-state index in [1.807, 2.05) is 19.1 Å². The summed E-state index contributed by atoms with van der Waals surface area (Å²) in [6.45, 7) is 6.86. The highest BCUT2D eigenvalue weighted by molar-refractivity contribution is 6.31. The molecular weight excluding hydrogens is 428 g/mol. The largest absolute Gasteiger partial charge is 0.494 e. The summed E-state index contributed by atoms with van der Waals surface area (Å²) in [6, 6.07) is 4.35. The highest BCUT2D eigenvalue weighted by atomic mass is 35.5. The Labute approximate surface area is 197 Å². The molecule has 1 heterocycles. The molecule has 1 aliphatic rings. The summed E-state index contributed by atoms with van der Waals surface area (Å²) in [5.41, 5.74) is 1.61. The monoisotopic (exact) mass is 464 g/mol. The molecule has 0 saturated heterocycles. The van der Waals surface area contributed by atoms with E-state index in [-0.39, 0.29) is 12.6 Å². The third-order valence-electron chi connectivity index (χ3n) is 5.45. The Balaban J connectivity index is 2.07. The lowest BCUT2D eigenvalue weighted by atomic mass is 9.93. The third-order valence-corrected chi connectivity index (χ3v) is 5.78. The van der Waals surface area contributed by atoms with Crippen LogP contribution in [0.15, 0.2) is 29.5 Å². The van der Waals surface area contributed by atoms with Gasteiger partial charge in [-0.25, -0.2) is 9.59 Å². The summed E-state index contributed by atoms with van der Waals surface area (Å²) in [4.78, 5) is 24.9. The maximum absolute atomic E-state index is 12.7. The number of allylic oxidation sites excluding steroid dienone is 1. The van der Waals surface area contributed by atoms with E-state index in [9.17, 15) is 9.59 Å². The van der Waals surface area contributed by atoms with Crippen LogP contribution in [0, 0.1) is 0 Å². The van der Waals surface area contributed by atoms with Gasteiger partial charge in [0.05, 0.1) is 24.8 Å². The average Bonchev–Trinajstić information content (AvgIpc) is 2.75. The number of urea groups is 1. The molecule has 0 aromatic heterocycles. The molecular formula is C25H37ClN2O4. The molecule has 2 rings (SSSR count). The Morgan fingerprint density at radius 1 is 1.03 bits per heavy atom. The number of carbonyl (C=O) groups is 2. The smallest absolute Gasteiger partial charge is 0.338 e. The summed E-state index contributed by atoms with van der Waals surface area (Å²) in [6.07, 6.45) is 9.91. The van der Waals surface area contributed by atoms with Gasteiger partial charge in [-0.1, -0.05) is 76.5 Å². The van der Waals surface area contributed by atoms with Crippen molar-refractivity contribution in [3.05, 3.63) is 40.1 Å². The molecule has 0 aliphatic carbocycles. The Kier molecular flexibility index (Phi) is 11.4. The Hall–Kier alpha value is -2.21. The first-order valence-electron chi connectivity index (χ1n) is 11.9. The Morgan fingerprint density at radius 2 is 1.75 bits per heavy atom. The van der Waals surface area contributed by atoms with Crippen molar-refractivity contribution in [1.82, 2.24) is 10.6 Å². The van der Waals surface area contributed by atoms with Crippen LogP contribution in [0.25, 0.3) is 0 Å². The maximum Gasteiger partial charge on any atom is 0.338 e. The number of benzene rings is 1. The minimum Gasteiger partial charge on any atom is -0.494 e. The second kappa shape index (κ2) is 14.0. The van der Waals surface area contributed by atoms with Gasteiger partial charge in [0.25, 0.3) is 0 Å². The van der Waals surface area contributed by atoms with Crippen molar-refractivity contribution in [1.29, 1.82) is 0 Å². The van der Waals surface area contributed by atoms with E-state index >= 15 is 0 Å². The summed E-state index contributed by atoms with van der Waals surface area (Å²) in [7, 11) is 0. The number of carbonyl (C=O) groups excluding carboxylic acids is 2. The van der Waals surface area contributed by atoms with Crippen molar-refractivity contribution in [3.63, 3.8) is 0 Å². The predicted octanol–water partition coefficient (Wildman–Crippen LogP) is 6.44. The van der Waals surface area contributed by atoms with Crippen LogP contribution < -0.4 is 15.4 Å². The number of hydrogen-bond donors (Lipinski definition) is 2. The van der Waals surface area contributed by atoms with Crippen LogP contribution in [0.2, 0.25) is 5.02 Å². The number of esters is 1. The SMILES string of the molecule is CCCCCCCCCOc1ccc(C2NC(=O)NC(CCC)=C2C(=O)OCC)c(Cl)c1. The topological polar surface area (TPSA) is 76.7 Å². The minimum atomic E-state index is -0.672. The van der Waals surface area contributed by atoms with Gasteiger partial charge < -0.3 is 20.1 Å². The van der Waals surface area contributed by atoms with Crippen molar-refractivity contribution in [2.24, 2.45) is 0 Å². The van der Waals surface area contributed by atoms with Crippen LogP contribution >= 0.6 is 11.6 Å². The van der Waals surface area contributed by atoms with Gasteiger partial charge in [0.1, 0.15) is 5.75 Å². The molecule has 178 valence electrons. The van der Waals surface area contributed by atoms with Gasteiger partial charge in [0, 0.05) is 10.7 Å². The van der Waals surface area contributed by atoms with Gasteiger partial charge in [-0.2, -0.15) is 0 Å². The third kappa shape index (κ3) is 7.73. The molecule has 32 heavy (non-hydrogen) atoms. The van der Waals surface area contributed by atoms with Gasteiger partial charge in [-0.05, 0) is 37.5 Å². The van der Waals surface area contributed by atoms with Crippen LogP contribution in [0.3, 0.4) is 0 Å². The first-order valence-corrected chi connectivity index (χ1v) is 12.3. The van der Waals surface area contributed by atoms with Crippen molar-refractivity contribution in [3.8, 4) is 5.75 Å². The molecule has 0 bridgehead atoms.